The third-order valence-electron chi connectivity index (χ3n) is 3.94. The SMILES string of the molecule is CCCS(=O)(=O)N1CCCC(C2CCCN2)C1. The maximum atomic E-state index is 12.1. The number of sulfonamides is 1. The molecule has 5 heteroatoms. The van der Waals surface area contributed by atoms with E-state index in [1.54, 1.807) is 4.31 Å². The summed E-state index contributed by atoms with van der Waals surface area (Å²) in [7, 11) is -2.99. The lowest BCUT2D eigenvalue weighted by Gasteiger charge is -2.35. The van der Waals surface area contributed by atoms with Crippen LogP contribution in [-0.2, 0) is 10.0 Å². The lowest BCUT2D eigenvalue weighted by Crippen LogP contribution is -2.46. The first-order valence-electron chi connectivity index (χ1n) is 6.84. The van der Waals surface area contributed by atoms with E-state index in [0.29, 0.717) is 24.1 Å². The number of hydrogen-bond acceptors (Lipinski definition) is 3. The summed E-state index contributed by atoms with van der Waals surface area (Å²) in [4.78, 5) is 0. The lowest BCUT2D eigenvalue weighted by atomic mass is 9.91. The van der Waals surface area contributed by atoms with E-state index in [1.807, 2.05) is 6.92 Å². The number of hydrogen-bond donors (Lipinski definition) is 1. The van der Waals surface area contributed by atoms with Gasteiger partial charge in [0.2, 0.25) is 10.0 Å². The predicted octanol–water partition coefficient (Wildman–Crippen LogP) is 1.19. The van der Waals surface area contributed by atoms with E-state index in [0.717, 1.165) is 26.1 Å². The topological polar surface area (TPSA) is 49.4 Å². The molecule has 0 spiro atoms. The molecule has 2 unspecified atom stereocenters. The summed E-state index contributed by atoms with van der Waals surface area (Å²) in [6, 6.07) is 0.551. The minimum atomic E-state index is -2.99. The summed E-state index contributed by atoms with van der Waals surface area (Å²) in [6.45, 7) is 4.49. The van der Waals surface area contributed by atoms with Crippen LogP contribution in [0.15, 0.2) is 0 Å². The average molecular weight is 260 g/mol. The Morgan fingerprint density at radius 3 is 2.76 bits per heavy atom. The molecule has 0 aromatic rings. The van der Waals surface area contributed by atoms with E-state index in [2.05, 4.69) is 5.32 Å². The van der Waals surface area contributed by atoms with Crippen LogP contribution in [0.25, 0.3) is 0 Å². The van der Waals surface area contributed by atoms with Crippen LogP contribution in [0, 0.1) is 5.92 Å². The van der Waals surface area contributed by atoms with Crippen molar-refractivity contribution in [2.24, 2.45) is 5.92 Å². The van der Waals surface area contributed by atoms with Gasteiger partial charge in [0.1, 0.15) is 0 Å². The molecule has 2 heterocycles. The maximum Gasteiger partial charge on any atom is 0.214 e. The molecule has 2 saturated heterocycles. The first-order valence-corrected chi connectivity index (χ1v) is 8.45. The van der Waals surface area contributed by atoms with Gasteiger partial charge in [-0.15, -0.1) is 0 Å². The van der Waals surface area contributed by atoms with Gasteiger partial charge in [-0.3, -0.25) is 0 Å². The largest absolute Gasteiger partial charge is 0.314 e. The Hall–Kier alpha value is -0.130. The summed E-state index contributed by atoms with van der Waals surface area (Å²) in [5.74, 6) is 0.829. The fraction of sp³-hybridized carbons (Fsp3) is 1.00. The fourth-order valence-corrected chi connectivity index (χ4v) is 4.66. The normalized spacial score (nSPS) is 31.8. The van der Waals surface area contributed by atoms with Crippen LogP contribution in [0.1, 0.15) is 39.0 Å². The molecule has 2 aliphatic rings. The van der Waals surface area contributed by atoms with Crippen LogP contribution in [0.4, 0.5) is 0 Å². The van der Waals surface area contributed by atoms with Crippen molar-refractivity contribution in [1.29, 1.82) is 0 Å². The Labute approximate surface area is 105 Å². The van der Waals surface area contributed by atoms with Crippen LogP contribution in [0.3, 0.4) is 0 Å². The highest BCUT2D eigenvalue weighted by Crippen LogP contribution is 2.26. The Balaban J connectivity index is 1.96. The van der Waals surface area contributed by atoms with Crippen LogP contribution in [0.5, 0.6) is 0 Å². The molecule has 2 fully saturated rings. The third kappa shape index (κ3) is 3.20. The monoisotopic (exact) mass is 260 g/mol. The van der Waals surface area contributed by atoms with E-state index < -0.39 is 10.0 Å². The zero-order valence-electron chi connectivity index (χ0n) is 10.7. The molecular formula is C12H24N2O2S. The Kier molecular flexibility index (Phi) is 4.44. The van der Waals surface area contributed by atoms with Gasteiger partial charge in [0.15, 0.2) is 0 Å². The van der Waals surface area contributed by atoms with Crippen LogP contribution in [0.2, 0.25) is 0 Å². The zero-order valence-corrected chi connectivity index (χ0v) is 11.5. The van der Waals surface area contributed by atoms with Gasteiger partial charge in [-0.1, -0.05) is 6.92 Å². The molecule has 0 radical (unpaired) electrons. The van der Waals surface area contributed by atoms with Gasteiger partial charge in [0.25, 0.3) is 0 Å². The van der Waals surface area contributed by atoms with Gasteiger partial charge in [-0.05, 0) is 44.6 Å². The van der Waals surface area contributed by atoms with E-state index in [9.17, 15) is 8.42 Å². The van der Waals surface area contributed by atoms with E-state index >= 15 is 0 Å². The second-order valence-corrected chi connectivity index (χ2v) is 7.37. The average Bonchev–Trinajstić information content (AvgIpc) is 2.82. The summed E-state index contributed by atoms with van der Waals surface area (Å²) >= 11 is 0. The van der Waals surface area contributed by atoms with E-state index in [-0.39, 0.29) is 0 Å². The van der Waals surface area contributed by atoms with Crippen molar-refractivity contribution in [3.05, 3.63) is 0 Å². The van der Waals surface area contributed by atoms with Gasteiger partial charge in [-0.25, -0.2) is 12.7 Å². The standard InChI is InChI=1S/C12H24N2O2S/c1-2-9-17(15,16)14-8-4-5-11(10-14)12-6-3-7-13-12/h11-13H,2-10H2,1H3. The number of nitrogens with one attached hydrogen (secondary N) is 1. The molecule has 17 heavy (non-hydrogen) atoms. The Morgan fingerprint density at radius 1 is 1.29 bits per heavy atom. The van der Waals surface area contributed by atoms with Crippen molar-refractivity contribution in [1.82, 2.24) is 9.62 Å². The minimum Gasteiger partial charge on any atom is -0.314 e. The molecule has 2 atom stereocenters. The second-order valence-electron chi connectivity index (χ2n) is 5.28. The van der Waals surface area contributed by atoms with Crippen molar-refractivity contribution >= 4 is 10.0 Å². The zero-order chi connectivity index (χ0) is 12.3. The first-order chi connectivity index (χ1) is 8.13. The highest BCUT2D eigenvalue weighted by Gasteiger charge is 2.33. The van der Waals surface area contributed by atoms with Gasteiger partial charge in [0, 0.05) is 19.1 Å². The molecule has 0 aromatic carbocycles. The first kappa shape index (κ1) is 13.3. The number of rotatable bonds is 4. The summed E-state index contributed by atoms with van der Waals surface area (Å²) in [6.07, 6.45) is 5.36. The minimum absolute atomic E-state index is 0.303. The number of nitrogens with zero attached hydrogens (tertiary/aromatic N) is 1. The Bertz CT molecular complexity index is 336. The highest BCUT2D eigenvalue weighted by atomic mass is 32.2. The highest BCUT2D eigenvalue weighted by molar-refractivity contribution is 7.89. The molecule has 1 N–H and O–H groups in total. The molecule has 100 valence electrons. The molecule has 0 amide bonds. The predicted molar refractivity (Wildman–Crippen MR) is 69.4 cm³/mol. The molecule has 4 nitrogen and oxygen atoms in total. The van der Waals surface area contributed by atoms with Gasteiger partial charge < -0.3 is 5.32 Å². The molecule has 2 rings (SSSR count). The second kappa shape index (κ2) is 5.67. The number of piperidine rings is 1. The van der Waals surface area contributed by atoms with Crippen molar-refractivity contribution in [2.75, 3.05) is 25.4 Å². The lowest BCUT2D eigenvalue weighted by molar-refractivity contribution is 0.226. The van der Waals surface area contributed by atoms with Crippen LogP contribution < -0.4 is 5.32 Å². The fourth-order valence-electron chi connectivity index (χ4n) is 3.06. The third-order valence-corrected chi connectivity index (χ3v) is 5.99. The molecule has 0 saturated carbocycles. The van der Waals surface area contributed by atoms with Gasteiger partial charge in [-0.2, -0.15) is 0 Å². The van der Waals surface area contributed by atoms with Crippen molar-refractivity contribution in [2.45, 2.75) is 45.1 Å². The molecule has 0 aromatic heterocycles. The van der Waals surface area contributed by atoms with Crippen molar-refractivity contribution < 1.29 is 8.42 Å². The quantitative estimate of drug-likeness (QED) is 0.826. The van der Waals surface area contributed by atoms with Crippen LogP contribution >= 0.6 is 0 Å². The van der Waals surface area contributed by atoms with E-state index in [4.69, 9.17) is 0 Å². The van der Waals surface area contributed by atoms with Crippen LogP contribution in [-0.4, -0.2) is 44.2 Å². The molecule has 0 bridgehead atoms. The summed E-state index contributed by atoms with van der Waals surface area (Å²) in [5, 5.41) is 3.51. The molecular weight excluding hydrogens is 236 g/mol. The smallest absolute Gasteiger partial charge is 0.214 e. The summed E-state index contributed by atoms with van der Waals surface area (Å²) < 4.78 is 25.8. The maximum absolute atomic E-state index is 12.1. The molecule has 0 aliphatic carbocycles. The van der Waals surface area contributed by atoms with Crippen molar-refractivity contribution in [3.8, 4) is 0 Å². The molecule has 2 aliphatic heterocycles. The van der Waals surface area contributed by atoms with Crippen molar-refractivity contribution in [3.63, 3.8) is 0 Å². The Morgan fingerprint density at radius 2 is 2.12 bits per heavy atom. The van der Waals surface area contributed by atoms with E-state index in [1.165, 1.54) is 19.3 Å². The van der Waals surface area contributed by atoms with Gasteiger partial charge >= 0.3 is 0 Å². The summed E-state index contributed by atoms with van der Waals surface area (Å²) in [5.41, 5.74) is 0. The van der Waals surface area contributed by atoms with Gasteiger partial charge in [0.05, 0.1) is 5.75 Å².